The van der Waals surface area contributed by atoms with Crippen LogP contribution in [0.2, 0.25) is 0 Å². The van der Waals surface area contributed by atoms with Gasteiger partial charge in [-0.05, 0) is 12.1 Å². The van der Waals surface area contributed by atoms with Gasteiger partial charge in [-0.25, -0.2) is 17.9 Å². The maximum atomic E-state index is 12.2. The Balaban J connectivity index is 2.85. The molecule has 0 unspecified atom stereocenters. The molecule has 6 nitrogen and oxygen atoms in total. The molecular weight excluding hydrogens is 280 g/mol. The molecule has 1 aromatic carbocycles. The predicted molar refractivity (Wildman–Crippen MR) is 75.3 cm³/mol. The average molecular weight is 301 g/mol. The molecule has 0 aliphatic heterocycles. The van der Waals surface area contributed by atoms with Crippen LogP contribution in [0.3, 0.4) is 0 Å². The highest BCUT2D eigenvalue weighted by atomic mass is 32.2. The van der Waals surface area contributed by atoms with Gasteiger partial charge in [0.25, 0.3) is 0 Å². The third-order valence-corrected chi connectivity index (χ3v) is 4.25. The van der Waals surface area contributed by atoms with Crippen LogP contribution in [0.25, 0.3) is 0 Å². The van der Waals surface area contributed by atoms with Gasteiger partial charge in [-0.3, -0.25) is 0 Å². The molecule has 0 spiro atoms. The van der Waals surface area contributed by atoms with E-state index in [-0.39, 0.29) is 10.5 Å². The third kappa shape index (κ3) is 4.59. The quantitative estimate of drug-likeness (QED) is 0.515. The Hall–Kier alpha value is -1.44. The lowest BCUT2D eigenvalue weighted by Gasteiger charge is -2.11. The van der Waals surface area contributed by atoms with Gasteiger partial charge in [0.1, 0.15) is 0 Å². The number of nitrogens with one attached hydrogen (secondary N) is 2. The lowest BCUT2D eigenvalue weighted by Crippen LogP contribution is -3.05. The first-order valence-corrected chi connectivity index (χ1v) is 7.83. The van der Waals surface area contributed by atoms with Crippen LogP contribution in [-0.2, 0) is 14.8 Å². The van der Waals surface area contributed by atoms with E-state index in [0.717, 1.165) is 13.0 Å². The summed E-state index contributed by atoms with van der Waals surface area (Å²) in [5, 5.41) is 0. The maximum absolute atomic E-state index is 12.2. The van der Waals surface area contributed by atoms with Gasteiger partial charge in [0.05, 0.1) is 38.2 Å². The largest absolute Gasteiger partial charge is 0.465 e. The summed E-state index contributed by atoms with van der Waals surface area (Å²) < 4.78 is 31.5. The van der Waals surface area contributed by atoms with Crippen LogP contribution in [0.1, 0.15) is 16.8 Å². The van der Waals surface area contributed by atoms with E-state index in [1.807, 2.05) is 14.1 Å². The van der Waals surface area contributed by atoms with Gasteiger partial charge in [-0.2, -0.15) is 0 Å². The number of esters is 1. The van der Waals surface area contributed by atoms with Crippen molar-refractivity contribution in [3.63, 3.8) is 0 Å². The van der Waals surface area contributed by atoms with Gasteiger partial charge in [-0.1, -0.05) is 12.1 Å². The summed E-state index contributed by atoms with van der Waals surface area (Å²) in [5.41, 5.74) is 0.0423. The van der Waals surface area contributed by atoms with Crippen LogP contribution >= 0.6 is 0 Å². The Bertz CT molecular complexity index is 555. The molecule has 20 heavy (non-hydrogen) atoms. The number of benzene rings is 1. The van der Waals surface area contributed by atoms with E-state index in [1.54, 1.807) is 12.1 Å². The molecule has 0 heterocycles. The van der Waals surface area contributed by atoms with Gasteiger partial charge < -0.3 is 9.64 Å². The topological polar surface area (TPSA) is 76.9 Å². The monoisotopic (exact) mass is 301 g/mol. The van der Waals surface area contributed by atoms with E-state index >= 15 is 0 Å². The summed E-state index contributed by atoms with van der Waals surface area (Å²) in [7, 11) is 1.52. The Kier molecular flexibility index (Phi) is 6.12. The van der Waals surface area contributed by atoms with Crippen molar-refractivity contribution < 1.29 is 22.8 Å². The van der Waals surface area contributed by atoms with Gasteiger partial charge in [0.2, 0.25) is 10.0 Å². The van der Waals surface area contributed by atoms with Gasteiger partial charge >= 0.3 is 5.97 Å². The number of sulfonamides is 1. The Labute approximate surface area is 119 Å². The highest BCUT2D eigenvalue weighted by molar-refractivity contribution is 7.89. The summed E-state index contributed by atoms with van der Waals surface area (Å²) in [4.78, 5) is 12.8. The number of ether oxygens (including phenoxy) is 1. The van der Waals surface area contributed by atoms with Crippen LogP contribution in [0.15, 0.2) is 29.2 Å². The van der Waals surface area contributed by atoms with Gasteiger partial charge in [0, 0.05) is 13.0 Å². The van der Waals surface area contributed by atoms with Crippen molar-refractivity contribution in [3.05, 3.63) is 29.8 Å². The van der Waals surface area contributed by atoms with Crippen LogP contribution < -0.4 is 9.62 Å². The highest BCUT2D eigenvalue weighted by Crippen LogP contribution is 2.16. The number of quaternary nitrogens is 1. The van der Waals surface area contributed by atoms with E-state index in [0.29, 0.717) is 6.54 Å². The van der Waals surface area contributed by atoms with E-state index in [9.17, 15) is 13.2 Å². The van der Waals surface area contributed by atoms with Crippen LogP contribution in [0.4, 0.5) is 0 Å². The Morgan fingerprint density at radius 1 is 1.30 bits per heavy atom. The number of carbonyl (C=O) groups excluding carboxylic acids is 1. The van der Waals surface area contributed by atoms with E-state index < -0.39 is 16.0 Å². The maximum Gasteiger partial charge on any atom is 0.339 e. The highest BCUT2D eigenvalue weighted by Gasteiger charge is 2.22. The van der Waals surface area contributed by atoms with E-state index in [2.05, 4.69) is 9.46 Å². The molecule has 0 amide bonds. The standard InChI is InChI=1S/C13H20N2O4S/c1-15(2)10-6-9-14-20(17,18)12-8-5-4-7-11(12)13(16)19-3/h4-5,7-8,14H,6,9-10H2,1-3H3/p+1. The fraction of sp³-hybridized carbons (Fsp3) is 0.462. The number of carbonyl (C=O) groups is 1. The molecule has 1 aromatic rings. The summed E-state index contributed by atoms with van der Waals surface area (Å²) in [6, 6.07) is 6.00. The molecule has 0 fully saturated rings. The van der Waals surface area contributed by atoms with Crippen LogP contribution in [-0.4, -0.2) is 48.7 Å². The second kappa shape index (κ2) is 7.37. The molecule has 2 N–H and O–H groups in total. The second-order valence-electron chi connectivity index (χ2n) is 4.70. The number of methoxy groups -OCH3 is 1. The zero-order valence-corrected chi connectivity index (χ0v) is 12.8. The molecule has 1 rings (SSSR count). The van der Waals surface area contributed by atoms with E-state index in [4.69, 9.17) is 0 Å². The molecule has 0 radical (unpaired) electrons. The summed E-state index contributed by atoms with van der Waals surface area (Å²) >= 11 is 0. The summed E-state index contributed by atoms with van der Waals surface area (Å²) in [6.07, 6.45) is 0.724. The summed E-state index contributed by atoms with van der Waals surface area (Å²) in [5.74, 6) is -0.663. The van der Waals surface area contributed by atoms with Crippen molar-refractivity contribution in [2.24, 2.45) is 0 Å². The molecule has 0 aliphatic carbocycles. The normalized spacial score (nSPS) is 11.6. The lowest BCUT2D eigenvalue weighted by molar-refractivity contribution is -0.858. The predicted octanol–water partition coefficient (Wildman–Crippen LogP) is -0.714. The molecule has 0 atom stereocenters. The fourth-order valence-electron chi connectivity index (χ4n) is 1.71. The van der Waals surface area contributed by atoms with Crippen molar-refractivity contribution in [1.29, 1.82) is 0 Å². The lowest BCUT2D eigenvalue weighted by atomic mass is 10.2. The fourth-order valence-corrected chi connectivity index (χ4v) is 2.97. The first-order chi connectivity index (χ1) is 9.38. The van der Waals surface area contributed by atoms with Crippen LogP contribution in [0, 0.1) is 0 Å². The number of rotatable bonds is 7. The SMILES string of the molecule is COC(=O)c1ccccc1S(=O)(=O)NCCC[NH+](C)C. The molecule has 0 aromatic heterocycles. The first-order valence-electron chi connectivity index (χ1n) is 6.34. The second-order valence-corrected chi connectivity index (χ2v) is 6.43. The minimum absolute atomic E-state index is 0.0423. The minimum Gasteiger partial charge on any atom is -0.465 e. The van der Waals surface area contributed by atoms with E-state index in [1.165, 1.54) is 24.1 Å². The molecule has 0 aliphatic rings. The van der Waals surface area contributed by atoms with Crippen molar-refractivity contribution in [2.75, 3.05) is 34.3 Å². The smallest absolute Gasteiger partial charge is 0.339 e. The molecule has 7 heteroatoms. The summed E-state index contributed by atoms with van der Waals surface area (Å²) in [6.45, 7) is 1.20. The molecule has 0 bridgehead atoms. The Morgan fingerprint density at radius 2 is 1.95 bits per heavy atom. The zero-order chi connectivity index (χ0) is 15.2. The average Bonchev–Trinajstić information content (AvgIpc) is 2.42. The Morgan fingerprint density at radius 3 is 2.55 bits per heavy atom. The number of hydrogen-bond donors (Lipinski definition) is 2. The van der Waals surface area contributed by atoms with Crippen molar-refractivity contribution in [3.8, 4) is 0 Å². The molecular formula is C13H21N2O4S+. The molecule has 112 valence electrons. The molecule has 0 saturated heterocycles. The minimum atomic E-state index is -3.70. The number of hydrogen-bond acceptors (Lipinski definition) is 4. The molecule has 0 saturated carbocycles. The third-order valence-electron chi connectivity index (χ3n) is 2.73. The van der Waals surface area contributed by atoms with Gasteiger partial charge in [-0.15, -0.1) is 0 Å². The van der Waals surface area contributed by atoms with Gasteiger partial charge in [0.15, 0.2) is 0 Å². The van der Waals surface area contributed by atoms with Crippen molar-refractivity contribution in [1.82, 2.24) is 4.72 Å². The first kappa shape index (κ1) is 16.6. The zero-order valence-electron chi connectivity index (χ0n) is 12.0. The van der Waals surface area contributed by atoms with Crippen molar-refractivity contribution >= 4 is 16.0 Å². The van der Waals surface area contributed by atoms with Crippen molar-refractivity contribution in [2.45, 2.75) is 11.3 Å². The van der Waals surface area contributed by atoms with Crippen LogP contribution in [0.5, 0.6) is 0 Å².